The van der Waals surface area contributed by atoms with Crippen LogP contribution < -0.4 is 5.56 Å². The molecule has 0 saturated heterocycles. The van der Waals surface area contributed by atoms with Crippen molar-refractivity contribution in [1.29, 1.82) is 0 Å². The Hall–Kier alpha value is -2.96. The van der Waals surface area contributed by atoms with Crippen molar-refractivity contribution in [2.45, 2.75) is 26.2 Å². The number of hydrogen-bond donors (Lipinski definition) is 1. The maximum atomic E-state index is 12.6. The number of oxazole rings is 1. The molecule has 1 aromatic carbocycles. The quantitative estimate of drug-likeness (QED) is 0.700. The Morgan fingerprint density at radius 1 is 1.26 bits per heavy atom. The molecule has 3 rings (SSSR count). The number of benzene rings is 1. The van der Waals surface area contributed by atoms with Crippen LogP contribution in [0.2, 0.25) is 0 Å². The molecule has 0 amide bonds. The molecule has 2 aromatic heterocycles. The van der Waals surface area contributed by atoms with E-state index in [4.69, 9.17) is 4.42 Å². The van der Waals surface area contributed by atoms with E-state index >= 15 is 0 Å². The van der Waals surface area contributed by atoms with Gasteiger partial charge in [-0.25, -0.2) is 4.98 Å². The van der Waals surface area contributed by atoms with Gasteiger partial charge in [0.15, 0.2) is 5.69 Å². The van der Waals surface area contributed by atoms with E-state index in [0.717, 1.165) is 18.5 Å². The minimum atomic E-state index is -0.321. The molecule has 7 heteroatoms. The third-order valence-electron chi connectivity index (χ3n) is 3.35. The maximum Gasteiger partial charge on any atom is 0.324 e. The van der Waals surface area contributed by atoms with Crippen molar-refractivity contribution in [3.63, 3.8) is 0 Å². The van der Waals surface area contributed by atoms with Crippen molar-refractivity contribution < 1.29 is 4.42 Å². The summed E-state index contributed by atoms with van der Waals surface area (Å²) in [5.41, 5.74) is 1.39. The topological polar surface area (TPSA) is 88.5 Å². The standard InChI is InChI=1S/C16H17N5O2/c1-2-3-9-13-14(19-18-12-7-5-4-6-8-12)15(22)21(20-13)16-17-10-11-23-16/h4-8,10-11,20H,2-3,9H2,1H3. The average Bonchev–Trinajstić information content (AvgIpc) is 3.20. The summed E-state index contributed by atoms with van der Waals surface area (Å²) in [5.74, 6) is 0. The molecule has 0 aliphatic heterocycles. The maximum absolute atomic E-state index is 12.6. The van der Waals surface area contributed by atoms with Gasteiger partial charge in [0.2, 0.25) is 0 Å². The van der Waals surface area contributed by atoms with E-state index in [2.05, 4.69) is 27.2 Å². The number of rotatable bonds is 6. The predicted octanol–water partition coefficient (Wildman–Crippen LogP) is 3.91. The van der Waals surface area contributed by atoms with Gasteiger partial charge in [-0.15, -0.1) is 5.11 Å². The predicted molar refractivity (Wildman–Crippen MR) is 85.7 cm³/mol. The molecule has 0 bridgehead atoms. The average molecular weight is 311 g/mol. The number of aryl methyl sites for hydroxylation is 1. The van der Waals surface area contributed by atoms with Crippen molar-refractivity contribution in [3.05, 3.63) is 58.8 Å². The Balaban J connectivity index is 2.00. The lowest BCUT2D eigenvalue weighted by molar-refractivity contribution is 0.503. The first-order valence-corrected chi connectivity index (χ1v) is 7.50. The Morgan fingerprint density at radius 2 is 2.09 bits per heavy atom. The van der Waals surface area contributed by atoms with Crippen LogP contribution in [0.1, 0.15) is 25.5 Å². The number of nitrogens with one attached hydrogen (secondary N) is 1. The molecule has 1 N–H and O–H groups in total. The van der Waals surface area contributed by atoms with E-state index in [1.807, 2.05) is 30.3 Å². The molecule has 23 heavy (non-hydrogen) atoms. The molecule has 0 atom stereocenters. The zero-order chi connectivity index (χ0) is 16.1. The molecule has 2 heterocycles. The van der Waals surface area contributed by atoms with Gasteiger partial charge in [0.1, 0.15) is 6.26 Å². The monoisotopic (exact) mass is 311 g/mol. The summed E-state index contributed by atoms with van der Waals surface area (Å²) in [7, 11) is 0. The fraction of sp³-hybridized carbons (Fsp3) is 0.250. The van der Waals surface area contributed by atoms with E-state index in [0.29, 0.717) is 17.8 Å². The highest BCUT2D eigenvalue weighted by Crippen LogP contribution is 2.20. The number of aromatic amines is 1. The molecule has 0 aliphatic carbocycles. The van der Waals surface area contributed by atoms with E-state index in [-0.39, 0.29) is 11.6 Å². The normalized spacial score (nSPS) is 11.3. The summed E-state index contributed by atoms with van der Waals surface area (Å²) in [4.78, 5) is 16.5. The lowest BCUT2D eigenvalue weighted by Crippen LogP contribution is -2.14. The molecule has 7 nitrogen and oxygen atoms in total. The van der Waals surface area contributed by atoms with E-state index in [1.165, 1.54) is 17.1 Å². The van der Waals surface area contributed by atoms with Gasteiger partial charge in [-0.2, -0.15) is 9.80 Å². The molecular formula is C16H17N5O2. The van der Waals surface area contributed by atoms with Crippen molar-refractivity contribution in [2.24, 2.45) is 10.2 Å². The van der Waals surface area contributed by atoms with Gasteiger partial charge in [0.05, 0.1) is 17.6 Å². The van der Waals surface area contributed by atoms with Crippen LogP contribution in [0.3, 0.4) is 0 Å². The van der Waals surface area contributed by atoms with Gasteiger partial charge < -0.3 is 4.42 Å². The Bertz CT molecular complexity index is 831. The number of aromatic nitrogens is 3. The zero-order valence-electron chi connectivity index (χ0n) is 12.8. The highest BCUT2D eigenvalue weighted by Gasteiger charge is 2.17. The van der Waals surface area contributed by atoms with Crippen molar-refractivity contribution in [3.8, 4) is 6.01 Å². The van der Waals surface area contributed by atoms with E-state index in [9.17, 15) is 4.79 Å². The smallest absolute Gasteiger partial charge is 0.324 e. The van der Waals surface area contributed by atoms with Gasteiger partial charge in [-0.3, -0.25) is 9.89 Å². The summed E-state index contributed by atoms with van der Waals surface area (Å²) >= 11 is 0. The first-order valence-electron chi connectivity index (χ1n) is 7.50. The van der Waals surface area contributed by atoms with E-state index in [1.54, 1.807) is 0 Å². The first-order chi connectivity index (χ1) is 11.3. The van der Waals surface area contributed by atoms with Crippen molar-refractivity contribution >= 4 is 11.4 Å². The van der Waals surface area contributed by atoms with Gasteiger partial charge in [-0.05, 0) is 25.0 Å². The molecule has 118 valence electrons. The number of azo groups is 1. The molecule has 0 aliphatic rings. The Labute approximate surface area is 132 Å². The summed E-state index contributed by atoms with van der Waals surface area (Å²) in [6, 6.07) is 9.48. The van der Waals surface area contributed by atoms with Crippen LogP contribution >= 0.6 is 0 Å². The molecule has 0 spiro atoms. The third-order valence-corrected chi connectivity index (χ3v) is 3.35. The molecule has 0 saturated carbocycles. The fourth-order valence-electron chi connectivity index (χ4n) is 2.17. The number of unbranched alkanes of at least 4 members (excludes halogenated alkanes) is 1. The second-order valence-corrected chi connectivity index (χ2v) is 5.03. The lowest BCUT2D eigenvalue weighted by atomic mass is 10.2. The third kappa shape index (κ3) is 3.28. The van der Waals surface area contributed by atoms with Crippen molar-refractivity contribution in [1.82, 2.24) is 14.8 Å². The van der Waals surface area contributed by atoms with Crippen LogP contribution in [0.5, 0.6) is 0 Å². The van der Waals surface area contributed by atoms with Gasteiger partial charge in [-0.1, -0.05) is 31.5 Å². The molecule has 3 aromatic rings. The largest absolute Gasteiger partial charge is 0.431 e. The van der Waals surface area contributed by atoms with Crippen LogP contribution in [0.25, 0.3) is 6.01 Å². The Kier molecular flexibility index (Phi) is 4.46. The highest BCUT2D eigenvalue weighted by atomic mass is 16.4. The summed E-state index contributed by atoms with van der Waals surface area (Å²) in [5, 5.41) is 11.3. The molecular weight excluding hydrogens is 294 g/mol. The second-order valence-electron chi connectivity index (χ2n) is 5.03. The van der Waals surface area contributed by atoms with Crippen LogP contribution in [0.15, 0.2) is 62.2 Å². The summed E-state index contributed by atoms with van der Waals surface area (Å²) < 4.78 is 6.44. The Morgan fingerprint density at radius 3 is 2.78 bits per heavy atom. The number of H-pyrrole nitrogens is 1. The van der Waals surface area contributed by atoms with Crippen LogP contribution in [-0.2, 0) is 6.42 Å². The van der Waals surface area contributed by atoms with Gasteiger partial charge in [0, 0.05) is 0 Å². The minimum absolute atomic E-state index is 0.189. The molecule has 0 radical (unpaired) electrons. The van der Waals surface area contributed by atoms with Gasteiger partial charge in [0.25, 0.3) is 0 Å². The zero-order valence-corrected chi connectivity index (χ0v) is 12.8. The molecule has 0 unspecified atom stereocenters. The fourth-order valence-corrected chi connectivity index (χ4v) is 2.17. The minimum Gasteiger partial charge on any atom is -0.431 e. The lowest BCUT2D eigenvalue weighted by Gasteiger charge is -1.96. The summed E-state index contributed by atoms with van der Waals surface area (Å²) in [6.45, 7) is 2.09. The van der Waals surface area contributed by atoms with Gasteiger partial charge >= 0.3 is 11.6 Å². The van der Waals surface area contributed by atoms with Crippen LogP contribution in [0.4, 0.5) is 11.4 Å². The second kappa shape index (κ2) is 6.87. The van der Waals surface area contributed by atoms with E-state index < -0.39 is 0 Å². The highest BCUT2D eigenvalue weighted by molar-refractivity contribution is 5.43. The summed E-state index contributed by atoms with van der Waals surface area (Å²) in [6.07, 6.45) is 5.57. The van der Waals surface area contributed by atoms with Crippen LogP contribution in [-0.4, -0.2) is 14.8 Å². The molecule has 0 fully saturated rings. The first kappa shape index (κ1) is 15.0. The van der Waals surface area contributed by atoms with Crippen molar-refractivity contribution in [2.75, 3.05) is 0 Å². The SMILES string of the molecule is CCCCc1[nH]n(-c2ncco2)c(=O)c1N=Nc1ccccc1. The van der Waals surface area contributed by atoms with Crippen LogP contribution in [0, 0.1) is 0 Å². The number of hydrogen-bond acceptors (Lipinski definition) is 5. The number of nitrogens with zero attached hydrogens (tertiary/aromatic N) is 4.